The van der Waals surface area contributed by atoms with Gasteiger partial charge in [-0.2, -0.15) is 0 Å². The monoisotopic (exact) mass is 1110 g/mol. The number of ether oxygens (including phenoxy) is 3. The van der Waals surface area contributed by atoms with Crippen LogP contribution < -0.4 is 0 Å². The van der Waals surface area contributed by atoms with Crippen LogP contribution in [0.15, 0.2) is 109 Å². The second-order valence-electron chi connectivity index (χ2n) is 22.4. The summed E-state index contributed by atoms with van der Waals surface area (Å²) < 4.78 is 16.8. The molecule has 0 N–H and O–H groups in total. The Bertz CT molecular complexity index is 1610. The number of hydrogen-bond donors (Lipinski definition) is 0. The number of rotatable bonds is 61. The van der Waals surface area contributed by atoms with Gasteiger partial charge in [0.25, 0.3) is 0 Å². The molecule has 0 aromatic heterocycles. The summed E-state index contributed by atoms with van der Waals surface area (Å²) in [5, 5.41) is 0. The second kappa shape index (κ2) is 67.6. The number of esters is 3. The molecule has 0 bridgehead atoms. The third kappa shape index (κ3) is 64.9. The van der Waals surface area contributed by atoms with Gasteiger partial charge in [-0.1, -0.05) is 323 Å². The molecular formula is C74H126O6. The van der Waals surface area contributed by atoms with Crippen molar-refractivity contribution in [2.75, 3.05) is 13.2 Å². The number of carbonyl (C=O) groups excluding carboxylic acids is 3. The van der Waals surface area contributed by atoms with Gasteiger partial charge < -0.3 is 14.2 Å². The summed E-state index contributed by atoms with van der Waals surface area (Å²) in [6, 6.07) is 0. The highest BCUT2D eigenvalue weighted by Gasteiger charge is 2.19. The standard InChI is InChI=1S/C74H126O6/c1-4-7-10-13-15-17-19-21-23-25-27-29-31-33-35-36-37-38-39-41-42-44-46-48-50-52-54-56-58-61-64-67-73(76)79-70-71(69-78-72(75)66-63-60-12-9-6-3)80-74(77)68-65-62-59-57-55-53-51-49-47-45-43-40-34-32-30-28-26-24-22-20-18-16-14-11-8-5-2/h7,10,15,17,21,23,27,29,33,35,37-38,41-42,46,48,52,54,71H,4-6,8-9,11-14,16,18-20,22,24-26,28,30-32,34,36,39-40,43-45,47,49-51,53,55-70H2,1-3H3/b10-7-,17-15-,23-21-,29-27-,35-33-,38-37-,42-41-,48-46-,54-52-. The summed E-state index contributed by atoms with van der Waals surface area (Å²) >= 11 is 0. The zero-order valence-corrected chi connectivity index (χ0v) is 52.6. The Morgan fingerprint density at radius 2 is 0.487 bits per heavy atom. The van der Waals surface area contributed by atoms with E-state index in [1.165, 1.54) is 154 Å². The molecule has 6 nitrogen and oxygen atoms in total. The first kappa shape index (κ1) is 76.1. The molecule has 0 spiro atoms. The van der Waals surface area contributed by atoms with Gasteiger partial charge >= 0.3 is 17.9 Å². The zero-order chi connectivity index (χ0) is 57.8. The molecule has 6 heteroatoms. The van der Waals surface area contributed by atoms with Crippen molar-refractivity contribution in [2.45, 2.75) is 329 Å². The van der Waals surface area contributed by atoms with Crippen molar-refractivity contribution in [3.05, 3.63) is 109 Å². The predicted octanol–water partition coefficient (Wildman–Crippen LogP) is 23.4. The topological polar surface area (TPSA) is 78.9 Å². The van der Waals surface area contributed by atoms with Crippen molar-refractivity contribution in [1.82, 2.24) is 0 Å². The molecule has 1 atom stereocenters. The Balaban J connectivity index is 4.09. The Morgan fingerprint density at radius 3 is 0.762 bits per heavy atom. The van der Waals surface area contributed by atoms with Crippen molar-refractivity contribution in [3.63, 3.8) is 0 Å². The molecule has 0 saturated carbocycles. The Kier molecular flexibility index (Phi) is 64.3. The first-order chi connectivity index (χ1) is 39.5. The molecule has 0 radical (unpaired) electrons. The molecule has 0 aliphatic carbocycles. The van der Waals surface area contributed by atoms with Gasteiger partial charge in [0.05, 0.1) is 0 Å². The summed E-state index contributed by atoms with van der Waals surface area (Å²) in [4.78, 5) is 38.0. The first-order valence-corrected chi connectivity index (χ1v) is 33.9. The molecule has 0 aliphatic rings. The second-order valence-corrected chi connectivity index (χ2v) is 22.4. The van der Waals surface area contributed by atoms with Gasteiger partial charge in [0.15, 0.2) is 6.10 Å². The maximum atomic E-state index is 12.8. The number of allylic oxidation sites excluding steroid dienone is 18. The van der Waals surface area contributed by atoms with Gasteiger partial charge in [-0.25, -0.2) is 0 Å². The molecule has 80 heavy (non-hydrogen) atoms. The highest BCUT2D eigenvalue weighted by Crippen LogP contribution is 2.17. The quantitative estimate of drug-likeness (QED) is 0.0261. The van der Waals surface area contributed by atoms with Crippen LogP contribution >= 0.6 is 0 Å². The number of unbranched alkanes of at least 4 members (excludes halogenated alkanes) is 32. The summed E-state index contributed by atoms with van der Waals surface area (Å²) in [6.45, 7) is 6.45. The normalized spacial score (nSPS) is 12.8. The van der Waals surface area contributed by atoms with Gasteiger partial charge in [0.2, 0.25) is 0 Å². The van der Waals surface area contributed by atoms with Crippen molar-refractivity contribution >= 4 is 17.9 Å². The van der Waals surface area contributed by atoms with Crippen LogP contribution in [-0.2, 0) is 28.6 Å². The number of carbonyl (C=O) groups is 3. The molecule has 0 aliphatic heterocycles. The summed E-state index contributed by atoms with van der Waals surface area (Å²) in [5.41, 5.74) is 0. The average Bonchev–Trinajstić information content (AvgIpc) is 3.46. The summed E-state index contributed by atoms with van der Waals surface area (Å²) in [5.74, 6) is -0.926. The van der Waals surface area contributed by atoms with Crippen molar-refractivity contribution in [1.29, 1.82) is 0 Å². The molecule has 0 saturated heterocycles. The van der Waals surface area contributed by atoms with Crippen LogP contribution in [0.4, 0.5) is 0 Å². The van der Waals surface area contributed by atoms with Crippen LogP contribution in [0, 0.1) is 0 Å². The van der Waals surface area contributed by atoms with Gasteiger partial charge in [-0.05, 0) is 89.9 Å². The fourth-order valence-electron chi connectivity index (χ4n) is 9.50. The minimum absolute atomic E-state index is 0.0877. The van der Waals surface area contributed by atoms with Crippen molar-refractivity contribution < 1.29 is 28.6 Å². The molecule has 0 heterocycles. The fraction of sp³-hybridized carbons (Fsp3) is 0.716. The van der Waals surface area contributed by atoms with Gasteiger partial charge in [-0.3, -0.25) is 14.4 Å². The van der Waals surface area contributed by atoms with E-state index >= 15 is 0 Å². The maximum Gasteiger partial charge on any atom is 0.306 e. The van der Waals surface area contributed by atoms with E-state index in [1.807, 2.05) is 0 Å². The Hall–Kier alpha value is -3.93. The number of hydrogen-bond acceptors (Lipinski definition) is 6. The lowest BCUT2D eigenvalue weighted by Gasteiger charge is -2.18. The fourth-order valence-corrected chi connectivity index (χ4v) is 9.50. The van der Waals surface area contributed by atoms with Crippen LogP contribution in [0.5, 0.6) is 0 Å². The molecule has 0 aromatic rings. The van der Waals surface area contributed by atoms with E-state index in [4.69, 9.17) is 14.2 Å². The lowest BCUT2D eigenvalue weighted by molar-refractivity contribution is -0.167. The molecule has 1 unspecified atom stereocenters. The largest absolute Gasteiger partial charge is 0.462 e. The van der Waals surface area contributed by atoms with E-state index < -0.39 is 6.10 Å². The van der Waals surface area contributed by atoms with Crippen LogP contribution in [0.3, 0.4) is 0 Å². The van der Waals surface area contributed by atoms with Gasteiger partial charge in [0, 0.05) is 19.3 Å². The lowest BCUT2D eigenvalue weighted by atomic mass is 10.0. The SMILES string of the molecule is CC/C=C\C/C=C\C/C=C\C/C=C\C/C=C\C/C=C\C/C=C\C/C=C\C/C=C\CCCCCC(=O)OCC(COC(=O)CCCCCCC)OC(=O)CCCCCCCCCCCCCCCCCCCCCCCCCCCC. The van der Waals surface area contributed by atoms with Crippen LogP contribution in [0.25, 0.3) is 0 Å². The molecule has 0 aromatic carbocycles. The average molecular weight is 1110 g/mol. The van der Waals surface area contributed by atoms with Crippen molar-refractivity contribution in [2.24, 2.45) is 0 Å². The predicted molar refractivity (Wildman–Crippen MR) is 348 cm³/mol. The molecule has 0 fully saturated rings. The molecule has 458 valence electrons. The maximum absolute atomic E-state index is 12.8. The Labute approximate surface area is 495 Å². The first-order valence-electron chi connectivity index (χ1n) is 33.9. The lowest BCUT2D eigenvalue weighted by Crippen LogP contribution is -2.30. The van der Waals surface area contributed by atoms with E-state index in [9.17, 15) is 14.4 Å². The summed E-state index contributed by atoms with van der Waals surface area (Å²) in [6.07, 6.45) is 93.1. The minimum atomic E-state index is -0.789. The van der Waals surface area contributed by atoms with Crippen molar-refractivity contribution in [3.8, 4) is 0 Å². The van der Waals surface area contributed by atoms with E-state index in [0.29, 0.717) is 19.3 Å². The molecular weight excluding hydrogens is 985 g/mol. The van der Waals surface area contributed by atoms with E-state index in [-0.39, 0.29) is 31.1 Å². The third-order valence-corrected chi connectivity index (χ3v) is 14.5. The summed E-state index contributed by atoms with van der Waals surface area (Å²) in [7, 11) is 0. The molecule has 0 amide bonds. The Morgan fingerprint density at radius 1 is 0.263 bits per heavy atom. The van der Waals surface area contributed by atoms with Gasteiger partial charge in [0.1, 0.15) is 13.2 Å². The molecule has 0 rings (SSSR count). The minimum Gasteiger partial charge on any atom is -0.462 e. The van der Waals surface area contributed by atoms with Gasteiger partial charge in [-0.15, -0.1) is 0 Å². The third-order valence-electron chi connectivity index (χ3n) is 14.5. The van der Waals surface area contributed by atoms with Crippen LogP contribution in [-0.4, -0.2) is 37.2 Å². The van der Waals surface area contributed by atoms with E-state index in [0.717, 1.165) is 128 Å². The van der Waals surface area contributed by atoms with Crippen LogP contribution in [0.1, 0.15) is 323 Å². The zero-order valence-electron chi connectivity index (χ0n) is 52.6. The van der Waals surface area contributed by atoms with E-state index in [1.54, 1.807) is 0 Å². The highest BCUT2D eigenvalue weighted by atomic mass is 16.6. The van der Waals surface area contributed by atoms with Crippen LogP contribution in [0.2, 0.25) is 0 Å². The smallest absolute Gasteiger partial charge is 0.306 e. The van der Waals surface area contributed by atoms with E-state index in [2.05, 4.69) is 130 Å². The highest BCUT2D eigenvalue weighted by molar-refractivity contribution is 5.71.